The van der Waals surface area contributed by atoms with Gasteiger partial charge >= 0.3 is 0 Å². The highest BCUT2D eigenvalue weighted by Crippen LogP contribution is 2.41. The van der Waals surface area contributed by atoms with E-state index < -0.39 is 0 Å². The lowest BCUT2D eigenvalue weighted by molar-refractivity contribution is -0.125. The Morgan fingerprint density at radius 2 is 2.04 bits per heavy atom. The molecule has 2 fully saturated rings. The van der Waals surface area contributed by atoms with E-state index in [0.29, 0.717) is 12.6 Å². The van der Waals surface area contributed by atoms with Gasteiger partial charge in [-0.3, -0.25) is 9.69 Å². The highest BCUT2D eigenvalue weighted by Gasteiger charge is 2.40. The molecule has 1 amide bonds. The first-order chi connectivity index (χ1) is 11.2. The molecule has 1 aromatic rings. The summed E-state index contributed by atoms with van der Waals surface area (Å²) in [6, 6.07) is 10.8. The molecule has 1 atom stereocenters. The number of amides is 1. The van der Waals surface area contributed by atoms with Crippen molar-refractivity contribution in [2.24, 2.45) is 0 Å². The molecule has 0 bridgehead atoms. The van der Waals surface area contributed by atoms with Gasteiger partial charge in [0.15, 0.2) is 0 Å². The molecule has 0 spiro atoms. The average Bonchev–Trinajstić information content (AvgIpc) is 2.96. The van der Waals surface area contributed by atoms with E-state index in [2.05, 4.69) is 22.3 Å². The van der Waals surface area contributed by atoms with Crippen molar-refractivity contribution >= 4 is 5.91 Å². The van der Waals surface area contributed by atoms with Crippen LogP contribution in [0.15, 0.2) is 30.3 Å². The monoisotopic (exact) mass is 316 g/mol. The molecule has 3 rings (SSSR count). The topological polar surface area (TPSA) is 52.6 Å². The Balaban J connectivity index is 1.58. The third-order valence-electron chi connectivity index (χ3n) is 5.45. The highest BCUT2D eigenvalue weighted by atomic mass is 16.3. The Hall–Kier alpha value is -1.39. The Morgan fingerprint density at radius 1 is 1.26 bits per heavy atom. The quantitative estimate of drug-likeness (QED) is 0.812. The number of carbonyl (C=O) groups is 1. The third kappa shape index (κ3) is 3.75. The van der Waals surface area contributed by atoms with Crippen molar-refractivity contribution in [3.8, 4) is 0 Å². The molecule has 2 aliphatic rings. The number of aliphatic hydroxyl groups is 1. The van der Waals surface area contributed by atoms with Gasteiger partial charge in [-0.1, -0.05) is 30.3 Å². The fourth-order valence-corrected chi connectivity index (χ4v) is 4.02. The molecular formula is C19H28N2O2. The van der Waals surface area contributed by atoms with Gasteiger partial charge in [0.2, 0.25) is 5.91 Å². The maximum absolute atomic E-state index is 12.6. The largest absolute Gasteiger partial charge is 0.396 e. The second kappa shape index (κ2) is 7.45. The van der Waals surface area contributed by atoms with Crippen molar-refractivity contribution in [2.45, 2.75) is 56.5 Å². The van der Waals surface area contributed by atoms with Gasteiger partial charge in [0.1, 0.15) is 0 Å². The van der Waals surface area contributed by atoms with E-state index in [4.69, 9.17) is 5.11 Å². The number of hydrogen-bond acceptors (Lipinski definition) is 3. The van der Waals surface area contributed by atoms with E-state index in [1.807, 2.05) is 18.2 Å². The lowest BCUT2D eigenvalue weighted by atomic mass is 9.72. The standard InChI is InChI=1S/C19H28N2O2/c22-14-5-10-17-9-4-13-21(17)15-18(23)20-19(11-6-12-19)16-7-2-1-3-8-16/h1-3,7-8,17,22H,4-6,9-15H2,(H,20,23). The van der Waals surface area contributed by atoms with Gasteiger partial charge in [0.25, 0.3) is 0 Å². The van der Waals surface area contributed by atoms with Crippen LogP contribution in [0.1, 0.15) is 50.5 Å². The molecule has 2 N–H and O–H groups in total. The summed E-state index contributed by atoms with van der Waals surface area (Å²) in [5.74, 6) is 0.143. The molecule has 126 valence electrons. The van der Waals surface area contributed by atoms with E-state index in [-0.39, 0.29) is 18.1 Å². The van der Waals surface area contributed by atoms with Crippen molar-refractivity contribution in [3.63, 3.8) is 0 Å². The number of nitrogens with zero attached hydrogens (tertiary/aromatic N) is 1. The van der Waals surface area contributed by atoms with Crippen LogP contribution in [0, 0.1) is 0 Å². The Morgan fingerprint density at radius 3 is 2.70 bits per heavy atom. The maximum atomic E-state index is 12.6. The summed E-state index contributed by atoms with van der Waals surface area (Å²) in [7, 11) is 0. The number of nitrogens with one attached hydrogen (secondary N) is 1. The molecular weight excluding hydrogens is 288 g/mol. The lowest BCUT2D eigenvalue weighted by Gasteiger charge is -2.43. The zero-order chi connectivity index (χ0) is 16.1. The van der Waals surface area contributed by atoms with E-state index in [1.165, 1.54) is 12.0 Å². The van der Waals surface area contributed by atoms with Gasteiger partial charge < -0.3 is 10.4 Å². The van der Waals surface area contributed by atoms with Crippen molar-refractivity contribution in [1.29, 1.82) is 0 Å². The van der Waals surface area contributed by atoms with Crippen LogP contribution in [-0.4, -0.2) is 41.7 Å². The zero-order valence-electron chi connectivity index (χ0n) is 13.8. The zero-order valence-corrected chi connectivity index (χ0v) is 13.8. The molecule has 1 unspecified atom stereocenters. The van der Waals surface area contributed by atoms with Gasteiger partial charge in [-0.2, -0.15) is 0 Å². The van der Waals surface area contributed by atoms with Gasteiger partial charge in [0.05, 0.1) is 12.1 Å². The number of carbonyl (C=O) groups excluding carboxylic acids is 1. The molecule has 23 heavy (non-hydrogen) atoms. The summed E-state index contributed by atoms with van der Waals surface area (Å²) >= 11 is 0. The average molecular weight is 316 g/mol. The molecule has 1 aliphatic carbocycles. The summed E-state index contributed by atoms with van der Waals surface area (Å²) < 4.78 is 0. The first-order valence-corrected chi connectivity index (χ1v) is 8.95. The van der Waals surface area contributed by atoms with Crippen LogP contribution in [0.5, 0.6) is 0 Å². The van der Waals surface area contributed by atoms with Gasteiger partial charge in [-0.05, 0) is 57.1 Å². The minimum absolute atomic E-state index is 0.140. The van der Waals surface area contributed by atoms with Crippen molar-refractivity contribution in [3.05, 3.63) is 35.9 Å². The molecule has 1 saturated heterocycles. The maximum Gasteiger partial charge on any atom is 0.234 e. The van der Waals surface area contributed by atoms with Gasteiger partial charge in [-0.25, -0.2) is 0 Å². The molecule has 0 radical (unpaired) electrons. The van der Waals surface area contributed by atoms with Gasteiger partial charge in [0, 0.05) is 12.6 Å². The fourth-order valence-electron chi connectivity index (χ4n) is 4.02. The second-order valence-corrected chi connectivity index (χ2v) is 6.98. The van der Waals surface area contributed by atoms with Crippen molar-refractivity contribution in [2.75, 3.05) is 19.7 Å². The SMILES string of the molecule is O=C(CN1CCCC1CCCO)NC1(c2ccccc2)CCC1. The minimum Gasteiger partial charge on any atom is -0.396 e. The first-order valence-electron chi connectivity index (χ1n) is 8.95. The third-order valence-corrected chi connectivity index (χ3v) is 5.45. The van der Waals surface area contributed by atoms with Crippen LogP contribution in [0.2, 0.25) is 0 Å². The number of benzene rings is 1. The molecule has 1 aromatic carbocycles. The predicted molar refractivity (Wildman–Crippen MR) is 91.0 cm³/mol. The van der Waals surface area contributed by atoms with Crippen LogP contribution >= 0.6 is 0 Å². The number of hydrogen-bond donors (Lipinski definition) is 2. The molecule has 1 saturated carbocycles. The minimum atomic E-state index is -0.140. The number of likely N-dealkylation sites (tertiary alicyclic amines) is 1. The smallest absolute Gasteiger partial charge is 0.234 e. The second-order valence-electron chi connectivity index (χ2n) is 6.98. The normalized spacial score (nSPS) is 23.4. The van der Waals surface area contributed by atoms with E-state index in [0.717, 1.165) is 45.1 Å². The van der Waals surface area contributed by atoms with Gasteiger partial charge in [-0.15, -0.1) is 0 Å². The number of rotatable bonds is 7. The van der Waals surface area contributed by atoms with Crippen LogP contribution in [0.25, 0.3) is 0 Å². The summed E-state index contributed by atoms with van der Waals surface area (Å²) in [4.78, 5) is 14.9. The Kier molecular flexibility index (Phi) is 5.34. The van der Waals surface area contributed by atoms with E-state index in [9.17, 15) is 4.79 Å². The summed E-state index contributed by atoms with van der Waals surface area (Å²) in [5, 5.41) is 12.3. The van der Waals surface area contributed by atoms with E-state index >= 15 is 0 Å². The van der Waals surface area contributed by atoms with Crippen molar-refractivity contribution in [1.82, 2.24) is 10.2 Å². The predicted octanol–water partition coefficient (Wildman–Crippen LogP) is 2.42. The fraction of sp³-hybridized carbons (Fsp3) is 0.632. The highest BCUT2D eigenvalue weighted by molar-refractivity contribution is 5.79. The van der Waals surface area contributed by atoms with Crippen LogP contribution in [0.4, 0.5) is 0 Å². The van der Waals surface area contributed by atoms with E-state index in [1.54, 1.807) is 0 Å². The lowest BCUT2D eigenvalue weighted by Crippen LogP contribution is -2.53. The Bertz CT molecular complexity index is 513. The number of aliphatic hydroxyl groups excluding tert-OH is 1. The molecule has 1 heterocycles. The van der Waals surface area contributed by atoms with Crippen LogP contribution in [0.3, 0.4) is 0 Å². The van der Waals surface area contributed by atoms with Crippen LogP contribution < -0.4 is 5.32 Å². The molecule has 0 aromatic heterocycles. The Labute approximate surface area is 138 Å². The molecule has 4 nitrogen and oxygen atoms in total. The van der Waals surface area contributed by atoms with Crippen molar-refractivity contribution < 1.29 is 9.90 Å². The molecule has 1 aliphatic heterocycles. The first kappa shape index (κ1) is 16.5. The summed E-state index contributed by atoms with van der Waals surface area (Å²) in [6.07, 6.45) is 7.39. The summed E-state index contributed by atoms with van der Waals surface area (Å²) in [6.45, 7) is 1.74. The molecule has 4 heteroatoms. The summed E-state index contributed by atoms with van der Waals surface area (Å²) in [5.41, 5.74) is 1.09. The van der Waals surface area contributed by atoms with Crippen LogP contribution in [-0.2, 0) is 10.3 Å².